The minimum atomic E-state index is -4.89. The molecule has 1 aliphatic carbocycles. The fraction of sp³-hybridized carbons (Fsp3) is 0.320. The maximum absolute atomic E-state index is 12.5. The fourth-order valence-electron chi connectivity index (χ4n) is 4.01. The zero-order valence-corrected chi connectivity index (χ0v) is 18.9. The summed E-state index contributed by atoms with van der Waals surface area (Å²) in [4.78, 5) is 19.9. The van der Waals surface area contributed by atoms with Gasteiger partial charge in [0.05, 0.1) is 18.7 Å². The molecule has 1 aromatic heterocycles. The van der Waals surface area contributed by atoms with Gasteiger partial charge in [-0.25, -0.2) is 9.97 Å². The van der Waals surface area contributed by atoms with Crippen LogP contribution in [0.4, 0.5) is 24.7 Å². The predicted octanol–water partition coefficient (Wildman–Crippen LogP) is 4.73. The van der Waals surface area contributed by atoms with E-state index in [2.05, 4.69) is 21.2 Å². The molecule has 0 aliphatic heterocycles. The van der Waals surface area contributed by atoms with Crippen molar-refractivity contribution in [3.63, 3.8) is 0 Å². The first kappa shape index (κ1) is 24.1. The maximum atomic E-state index is 12.5. The Morgan fingerprint density at radius 2 is 1.89 bits per heavy atom. The Morgan fingerprint density at radius 1 is 1.11 bits per heavy atom. The normalized spacial score (nSPS) is 17.9. The number of alkyl halides is 3. The summed E-state index contributed by atoms with van der Waals surface area (Å²) in [5.74, 6) is 2.18. The first-order chi connectivity index (χ1) is 16.8. The van der Waals surface area contributed by atoms with E-state index in [9.17, 15) is 18.0 Å². The van der Waals surface area contributed by atoms with E-state index in [1.54, 1.807) is 12.1 Å². The lowest BCUT2D eigenvalue weighted by Gasteiger charge is -2.30. The number of amides is 1. The highest BCUT2D eigenvalue weighted by atomic mass is 19.4. The summed E-state index contributed by atoms with van der Waals surface area (Å²) in [5.41, 5.74) is 2.12. The molecule has 2 N–H and O–H groups in total. The smallest absolute Gasteiger partial charge is 0.471 e. The van der Waals surface area contributed by atoms with Crippen molar-refractivity contribution in [1.82, 2.24) is 15.3 Å². The van der Waals surface area contributed by atoms with Crippen LogP contribution >= 0.6 is 0 Å². The van der Waals surface area contributed by atoms with E-state index < -0.39 is 18.1 Å². The number of fused-ring (bicyclic) bond motifs is 1. The van der Waals surface area contributed by atoms with E-state index in [1.165, 1.54) is 13.4 Å². The maximum Gasteiger partial charge on any atom is 0.471 e. The van der Waals surface area contributed by atoms with Gasteiger partial charge in [0.15, 0.2) is 11.5 Å². The molecule has 1 heterocycles. The first-order valence-corrected chi connectivity index (χ1v) is 11.0. The van der Waals surface area contributed by atoms with Gasteiger partial charge in [-0.3, -0.25) is 4.79 Å². The van der Waals surface area contributed by atoms with E-state index in [1.807, 2.05) is 29.6 Å². The average molecular weight is 484 g/mol. The van der Waals surface area contributed by atoms with Crippen molar-refractivity contribution in [2.45, 2.75) is 44.0 Å². The lowest BCUT2D eigenvalue weighted by molar-refractivity contribution is -0.174. The van der Waals surface area contributed by atoms with Crippen LogP contribution in [0.1, 0.15) is 31.2 Å². The molecular weight excluding hydrogens is 461 g/mol. The number of terminal acetylenes is 1. The van der Waals surface area contributed by atoms with Gasteiger partial charge in [-0.1, -0.05) is 12.0 Å². The number of nitrogens with one attached hydrogen (secondary N) is 2. The first-order valence-electron chi connectivity index (χ1n) is 11.0. The van der Waals surface area contributed by atoms with Gasteiger partial charge in [-0.2, -0.15) is 13.2 Å². The molecule has 3 aromatic rings. The Labute approximate surface area is 200 Å². The number of carbonyl (C=O) groups excluding carboxylic acids is 1. The average Bonchev–Trinajstić information content (AvgIpc) is 2.84. The Kier molecular flexibility index (Phi) is 6.96. The summed E-state index contributed by atoms with van der Waals surface area (Å²) in [5, 5.41) is 5.99. The van der Waals surface area contributed by atoms with Crippen LogP contribution in [0.2, 0.25) is 0 Å². The second kappa shape index (κ2) is 10.1. The zero-order chi connectivity index (χ0) is 25.0. The van der Waals surface area contributed by atoms with Crippen molar-refractivity contribution in [2.24, 2.45) is 0 Å². The van der Waals surface area contributed by atoms with Gasteiger partial charge < -0.3 is 20.1 Å². The number of ether oxygens (including phenoxy) is 2. The van der Waals surface area contributed by atoms with Crippen LogP contribution in [0.5, 0.6) is 11.5 Å². The molecule has 35 heavy (non-hydrogen) atoms. The van der Waals surface area contributed by atoms with Crippen LogP contribution in [-0.4, -0.2) is 41.3 Å². The highest BCUT2D eigenvalue weighted by Gasteiger charge is 2.40. The number of hydrogen-bond donors (Lipinski definition) is 2. The third-order valence-electron chi connectivity index (χ3n) is 5.77. The van der Waals surface area contributed by atoms with Gasteiger partial charge in [0.2, 0.25) is 0 Å². The number of aromatic nitrogens is 2. The number of carbonyl (C=O) groups is 1. The lowest BCUT2D eigenvalue weighted by atomic mass is 9.93. The van der Waals surface area contributed by atoms with E-state index in [0.717, 1.165) is 11.3 Å². The van der Waals surface area contributed by atoms with Crippen LogP contribution in [0.15, 0.2) is 42.7 Å². The van der Waals surface area contributed by atoms with Crippen LogP contribution in [0, 0.1) is 12.3 Å². The molecule has 0 atom stereocenters. The van der Waals surface area contributed by atoms with Gasteiger partial charge in [-0.15, -0.1) is 6.42 Å². The van der Waals surface area contributed by atoms with Crippen LogP contribution < -0.4 is 20.1 Å². The summed E-state index contributed by atoms with van der Waals surface area (Å²) < 4.78 is 49.2. The number of anilines is 2. The van der Waals surface area contributed by atoms with Gasteiger partial charge in [0, 0.05) is 28.7 Å². The molecule has 2 aromatic carbocycles. The second-order valence-electron chi connectivity index (χ2n) is 8.16. The molecular formula is C25H23F3N4O3. The Balaban J connectivity index is 1.51. The van der Waals surface area contributed by atoms with Crippen LogP contribution in [-0.2, 0) is 4.79 Å². The number of benzene rings is 2. The minimum Gasteiger partial charge on any atom is -0.493 e. The fourth-order valence-corrected chi connectivity index (χ4v) is 4.01. The summed E-state index contributed by atoms with van der Waals surface area (Å²) in [6, 6.07) is 10.3. The molecule has 182 valence electrons. The summed E-state index contributed by atoms with van der Waals surface area (Å²) >= 11 is 0. The molecule has 0 spiro atoms. The number of rotatable bonds is 6. The van der Waals surface area contributed by atoms with Crippen LogP contribution in [0.3, 0.4) is 0 Å². The quantitative estimate of drug-likeness (QED) is 0.492. The molecule has 1 amide bonds. The molecule has 10 heteroatoms. The van der Waals surface area contributed by atoms with E-state index in [-0.39, 0.29) is 6.10 Å². The molecule has 0 unspecified atom stereocenters. The Bertz CT molecular complexity index is 1270. The van der Waals surface area contributed by atoms with Crippen molar-refractivity contribution in [3.8, 4) is 23.8 Å². The molecule has 0 bridgehead atoms. The number of hydrogen-bond acceptors (Lipinski definition) is 6. The third kappa shape index (κ3) is 5.74. The molecule has 1 saturated carbocycles. The van der Waals surface area contributed by atoms with Crippen molar-refractivity contribution in [2.75, 3.05) is 12.4 Å². The predicted molar refractivity (Wildman–Crippen MR) is 125 cm³/mol. The van der Waals surface area contributed by atoms with Gasteiger partial charge in [-0.05, 0) is 49.9 Å². The summed E-state index contributed by atoms with van der Waals surface area (Å²) in [6.45, 7) is 0. The van der Waals surface area contributed by atoms with E-state index >= 15 is 0 Å². The lowest BCUT2D eigenvalue weighted by Crippen LogP contribution is -2.45. The van der Waals surface area contributed by atoms with Crippen molar-refractivity contribution >= 4 is 28.3 Å². The zero-order valence-electron chi connectivity index (χ0n) is 18.9. The summed E-state index contributed by atoms with van der Waals surface area (Å²) in [7, 11) is 1.52. The van der Waals surface area contributed by atoms with Gasteiger partial charge in [0.25, 0.3) is 0 Å². The highest BCUT2D eigenvalue weighted by Crippen LogP contribution is 2.37. The van der Waals surface area contributed by atoms with Gasteiger partial charge in [0.1, 0.15) is 12.1 Å². The third-order valence-corrected chi connectivity index (χ3v) is 5.77. The topological polar surface area (TPSA) is 85.4 Å². The number of nitrogens with zero attached hydrogens (tertiary/aromatic N) is 2. The van der Waals surface area contributed by atoms with Crippen LogP contribution in [0.25, 0.3) is 10.9 Å². The largest absolute Gasteiger partial charge is 0.493 e. The van der Waals surface area contributed by atoms with Crippen molar-refractivity contribution in [1.29, 1.82) is 0 Å². The number of halogens is 3. The standard InChI is InChI=1S/C25H23F3N4O3/c1-3-15-5-4-6-17(11-15)31-23-19-12-22(21(34-2)13-20(19)29-14-30-23)35-18-9-7-16(8-10-18)32-24(33)25(26,27)28/h1,4-6,11-14,16,18H,7-10H2,2H3,(H,32,33)(H,29,30,31)/t16-,18-. The highest BCUT2D eigenvalue weighted by molar-refractivity contribution is 5.93. The minimum absolute atomic E-state index is 0.242. The molecule has 1 aliphatic rings. The molecule has 1 fully saturated rings. The van der Waals surface area contributed by atoms with Crippen molar-refractivity contribution < 1.29 is 27.4 Å². The second-order valence-corrected chi connectivity index (χ2v) is 8.16. The molecule has 0 radical (unpaired) electrons. The monoisotopic (exact) mass is 484 g/mol. The van der Waals surface area contributed by atoms with Gasteiger partial charge >= 0.3 is 12.1 Å². The Morgan fingerprint density at radius 3 is 2.57 bits per heavy atom. The molecule has 4 rings (SSSR count). The SMILES string of the molecule is C#Cc1cccc(Nc2ncnc3cc(OC)c(O[C@H]4CC[C@H](NC(=O)C(F)(F)F)CC4)cc23)c1. The van der Waals surface area contributed by atoms with E-state index in [0.29, 0.717) is 53.9 Å². The Hall–Kier alpha value is -4.00. The van der Waals surface area contributed by atoms with E-state index in [4.69, 9.17) is 15.9 Å². The number of methoxy groups -OCH3 is 1. The molecule has 0 saturated heterocycles. The molecule has 7 nitrogen and oxygen atoms in total. The summed E-state index contributed by atoms with van der Waals surface area (Å²) in [6.07, 6.45) is 3.53. The van der Waals surface area contributed by atoms with Crippen molar-refractivity contribution in [3.05, 3.63) is 48.3 Å².